The molecule has 0 atom stereocenters. The highest BCUT2D eigenvalue weighted by Gasteiger charge is 2.02. The van der Waals surface area contributed by atoms with Crippen molar-refractivity contribution in [2.75, 3.05) is 10.6 Å². The number of rotatable bonds is 2. The summed E-state index contributed by atoms with van der Waals surface area (Å²) < 4.78 is 0. The Balaban J connectivity index is 2.03. The zero-order valence-corrected chi connectivity index (χ0v) is 11.5. The highest BCUT2D eigenvalue weighted by Crippen LogP contribution is 2.22. The lowest BCUT2D eigenvalue weighted by Crippen LogP contribution is -2.19. The van der Waals surface area contributed by atoms with E-state index in [0.29, 0.717) is 10.1 Å². The van der Waals surface area contributed by atoms with Gasteiger partial charge in [-0.3, -0.25) is 0 Å². The van der Waals surface area contributed by atoms with Crippen LogP contribution >= 0.6 is 23.8 Å². The van der Waals surface area contributed by atoms with Gasteiger partial charge in [-0.2, -0.15) is 0 Å². The van der Waals surface area contributed by atoms with E-state index in [1.54, 1.807) is 0 Å². The van der Waals surface area contributed by atoms with Gasteiger partial charge in [0.1, 0.15) is 0 Å². The van der Waals surface area contributed by atoms with Crippen LogP contribution in [0.2, 0.25) is 5.02 Å². The van der Waals surface area contributed by atoms with Crippen LogP contribution in [-0.4, -0.2) is 5.11 Å². The molecule has 0 aliphatic heterocycles. The first-order valence-electron chi connectivity index (χ1n) is 5.54. The largest absolute Gasteiger partial charge is 0.332 e. The molecule has 92 valence electrons. The maximum Gasteiger partial charge on any atom is 0.175 e. The van der Waals surface area contributed by atoms with Crippen molar-refractivity contribution in [2.24, 2.45) is 0 Å². The molecule has 0 unspecified atom stereocenters. The Labute approximate surface area is 117 Å². The van der Waals surface area contributed by atoms with Gasteiger partial charge in [-0.05, 0) is 49.0 Å². The Bertz CT molecular complexity index is 555. The third-order valence-corrected chi connectivity index (χ3v) is 2.92. The van der Waals surface area contributed by atoms with E-state index in [4.69, 9.17) is 23.8 Å². The topological polar surface area (TPSA) is 24.1 Å². The van der Waals surface area contributed by atoms with Gasteiger partial charge in [0.15, 0.2) is 5.11 Å². The molecule has 18 heavy (non-hydrogen) atoms. The van der Waals surface area contributed by atoms with Gasteiger partial charge in [0.05, 0.1) is 10.7 Å². The number of halogens is 1. The molecule has 0 heterocycles. The molecule has 2 aromatic carbocycles. The fourth-order valence-electron chi connectivity index (χ4n) is 1.53. The second-order valence-electron chi connectivity index (χ2n) is 3.93. The molecule has 0 saturated heterocycles. The van der Waals surface area contributed by atoms with Crippen LogP contribution in [0, 0.1) is 6.92 Å². The van der Waals surface area contributed by atoms with Gasteiger partial charge in [-0.15, -0.1) is 0 Å². The molecule has 0 radical (unpaired) electrons. The number of benzene rings is 2. The first-order valence-corrected chi connectivity index (χ1v) is 6.33. The van der Waals surface area contributed by atoms with Crippen molar-refractivity contribution in [2.45, 2.75) is 6.92 Å². The second-order valence-corrected chi connectivity index (χ2v) is 4.74. The third-order valence-electron chi connectivity index (χ3n) is 2.40. The lowest BCUT2D eigenvalue weighted by atomic mass is 10.2. The molecule has 2 rings (SSSR count). The van der Waals surface area contributed by atoms with E-state index >= 15 is 0 Å². The minimum absolute atomic E-state index is 0.520. The summed E-state index contributed by atoms with van der Waals surface area (Å²) in [5.74, 6) is 0. The molecular weight excluding hydrogens is 264 g/mol. The molecule has 4 heteroatoms. The van der Waals surface area contributed by atoms with Gasteiger partial charge in [0, 0.05) is 5.69 Å². The maximum atomic E-state index is 6.13. The predicted molar refractivity (Wildman–Crippen MR) is 82.5 cm³/mol. The Morgan fingerprint density at radius 2 is 1.78 bits per heavy atom. The smallest absolute Gasteiger partial charge is 0.175 e. The van der Waals surface area contributed by atoms with E-state index < -0.39 is 0 Å². The molecule has 2 aromatic rings. The van der Waals surface area contributed by atoms with E-state index in [9.17, 15) is 0 Å². The van der Waals surface area contributed by atoms with Gasteiger partial charge >= 0.3 is 0 Å². The van der Waals surface area contributed by atoms with Crippen LogP contribution in [-0.2, 0) is 0 Å². The Hall–Kier alpha value is -1.58. The summed E-state index contributed by atoms with van der Waals surface area (Å²) in [6.07, 6.45) is 0. The average molecular weight is 277 g/mol. The zero-order chi connectivity index (χ0) is 13.0. The molecule has 0 amide bonds. The van der Waals surface area contributed by atoms with E-state index in [0.717, 1.165) is 16.9 Å². The van der Waals surface area contributed by atoms with Gasteiger partial charge in [-0.1, -0.05) is 35.9 Å². The van der Waals surface area contributed by atoms with Gasteiger partial charge in [0.2, 0.25) is 0 Å². The number of thiocarbonyl (C=S) groups is 1. The molecule has 2 nitrogen and oxygen atoms in total. The zero-order valence-electron chi connectivity index (χ0n) is 9.91. The highest BCUT2D eigenvalue weighted by atomic mass is 35.5. The summed E-state index contributed by atoms with van der Waals surface area (Å²) in [5.41, 5.74) is 2.86. The number of anilines is 2. The van der Waals surface area contributed by atoms with Crippen molar-refractivity contribution in [3.05, 3.63) is 59.1 Å². The minimum Gasteiger partial charge on any atom is -0.332 e. The standard InChI is InChI=1S/C14H13ClN2S/c1-10-7-8-13(12(15)9-10)17-14(18)16-11-5-3-2-4-6-11/h2-9H,1H3,(H2,16,17,18). The summed E-state index contributed by atoms with van der Waals surface area (Å²) in [5, 5.41) is 7.35. The lowest BCUT2D eigenvalue weighted by molar-refractivity contribution is 1.47. The molecule has 2 N–H and O–H groups in total. The van der Waals surface area contributed by atoms with Crippen LogP contribution in [0.4, 0.5) is 11.4 Å². The van der Waals surface area contributed by atoms with Crippen LogP contribution in [0.25, 0.3) is 0 Å². The molecule has 0 aliphatic carbocycles. The summed E-state index contributed by atoms with van der Waals surface area (Å²) in [6, 6.07) is 15.5. The molecule has 0 bridgehead atoms. The number of hydrogen-bond acceptors (Lipinski definition) is 1. The molecule has 0 fully saturated rings. The molecule has 0 spiro atoms. The Kier molecular flexibility index (Phi) is 4.18. The summed E-state index contributed by atoms with van der Waals surface area (Å²) >= 11 is 11.4. The Morgan fingerprint density at radius 1 is 1.06 bits per heavy atom. The van der Waals surface area contributed by atoms with Crippen molar-refractivity contribution in [1.29, 1.82) is 0 Å². The van der Waals surface area contributed by atoms with Crippen LogP contribution in [0.5, 0.6) is 0 Å². The molecule has 0 aromatic heterocycles. The van der Waals surface area contributed by atoms with Crippen molar-refractivity contribution in [1.82, 2.24) is 0 Å². The normalized spacial score (nSPS) is 9.89. The van der Waals surface area contributed by atoms with Crippen LogP contribution in [0.15, 0.2) is 48.5 Å². The summed E-state index contributed by atoms with van der Waals surface area (Å²) in [7, 11) is 0. The number of para-hydroxylation sites is 1. The van der Waals surface area contributed by atoms with Crippen molar-refractivity contribution in [3.8, 4) is 0 Å². The monoisotopic (exact) mass is 276 g/mol. The fourth-order valence-corrected chi connectivity index (χ4v) is 2.04. The summed E-state index contributed by atoms with van der Waals surface area (Å²) in [6.45, 7) is 2.00. The van der Waals surface area contributed by atoms with Crippen LogP contribution in [0.3, 0.4) is 0 Å². The van der Waals surface area contributed by atoms with E-state index in [-0.39, 0.29) is 0 Å². The first kappa shape index (κ1) is 12.9. The average Bonchev–Trinajstić information content (AvgIpc) is 2.34. The van der Waals surface area contributed by atoms with Gasteiger partial charge in [-0.25, -0.2) is 0 Å². The number of hydrogen-bond donors (Lipinski definition) is 2. The maximum absolute atomic E-state index is 6.13. The molecule has 0 saturated carbocycles. The van der Waals surface area contributed by atoms with Crippen molar-refractivity contribution >= 4 is 40.3 Å². The van der Waals surface area contributed by atoms with E-state index in [1.807, 2.05) is 55.5 Å². The summed E-state index contributed by atoms with van der Waals surface area (Å²) in [4.78, 5) is 0. The third kappa shape index (κ3) is 3.45. The molecular formula is C14H13ClN2S. The SMILES string of the molecule is Cc1ccc(NC(=S)Nc2ccccc2)c(Cl)c1. The fraction of sp³-hybridized carbons (Fsp3) is 0.0714. The minimum atomic E-state index is 0.520. The lowest BCUT2D eigenvalue weighted by Gasteiger charge is -2.12. The highest BCUT2D eigenvalue weighted by molar-refractivity contribution is 7.80. The van der Waals surface area contributed by atoms with Crippen LogP contribution in [0.1, 0.15) is 5.56 Å². The number of aryl methyl sites for hydroxylation is 1. The van der Waals surface area contributed by atoms with Crippen molar-refractivity contribution in [3.63, 3.8) is 0 Å². The Morgan fingerprint density at radius 3 is 2.44 bits per heavy atom. The van der Waals surface area contributed by atoms with E-state index in [1.165, 1.54) is 0 Å². The van der Waals surface area contributed by atoms with Crippen molar-refractivity contribution < 1.29 is 0 Å². The first-order chi connectivity index (χ1) is 8.65. The quantitative estimate of drug-likeness (QED) is 0.792. The molecule has 0 aliphatic rings. The van der Waals surface area contributed by atoms with Crippen LogP contribution < -0.4 is 10.6 Å². The van der Waals surface area contributed by atoms with E-state index in [2.05, 4.69) is 10.6 Å². The van der Waals surface area contributed by atoms with Gasteiger partial charge < -0.3 is 10.6 Å². The second kappa shape index (κ2) is 5.85. The number of nitrogens with one attached hydrogen (secondary N) is 2. The van der Waals surface area contributed by atoms with Gasteiger partial charge in [0.25, 0.3) is 0 Å². The predicted octanol–water partition coefficient (Wildman–Crippen LogP) is 4.46.